The molecule has 1 heterocycles. The van der Waals surface area contributed by atoms with E-state index in [1.54, 1.807) is 0 Å². The summed E-state index contributed by atoms with van der Waals surface area (Å²) in [7, 11) is 1.94. The second kappa shape index (κ2) is 7.14. The van der Waals surface area contributed by atoms with Gasteiger partial charge in [-0.1, -0.05) is 39.1 Å². The van der Waals surface area contributed by atoms with Gasteiger partial charge in [-0.2, -0.15) is 5.10 Å². The number of rotatable bonds is 5. The van der Waals surface area contributed by atoms with Crippen LogP contribution in [-0.2, 0) is 13.0 Å². The predicted molar refractivity (Wildman–Crippen MR) is 92.3 cm³/mol. The average Bonchev–Trinajstić information content (AvgIpc) is 2.74. The Hall–Kier alpha value is -0.550. The van der Waals surface area contributed by atoms with Gasteiger partial charge in [-0.05, 0) is 44.7 Å². The van der Waals surface area contributed by atoms with E-state index in [9.17, 15) is 0 Å². The van der Waals surface area contributed by atoms with Crippen molar-refractivity contribution >= 4 is 39.1 Å². The molecule has 0 saturated carbocycles. The summed E-state index contributed by atoms with van der Waals surface area (Å²) in [6.45, 7) is 4.80. The Morgan fingerprint density at radius 1 is 1.38 bits per heavy atom. The number of benzene rings is 1. The van der Waals surface area contributed by atoms with Crippen LogP contribution in [0, 0.1) is 6.92 Å². The van der Waals surface area contributed by atoms with Gasteiger partial charge in [0.1, 0.15) is 0 Å². The molecule has 1 unspecified atom stereocenters. The SMILES string of the molecule is CCn1nc(C)c(Cl)c1CC(NC)c1cc(Cl)ccc1Br. The van der Waals surface area contributed by atoms with Crippen molar-refractivity contribution in [2.45, 2.75) is 32.9 Å². The van der Waals surface area contributed by atoms with E-state index in [1.165, 1.54) is 0 Å². The van der Waals surface area contributed by atoms with E-state index in [0.29, 0.717) is 0 Å². The van der Waals surface area contributed by atoms with Crippen molar-refractivity contribution in [1.82, 2.24) is 15.1 Å². The number of nitrogens with one attached hydrogen (secondary N) is 1. The zero-order valence-electron chi connectivity index (χ0n) is 12.3. The molecular weight excluding hydrogens is 373 g/mol. The molecule has 0 amide bonds. The van der Waals surface area contributed by atoms with Crippen molar-refractivity contribution in [3.05, 3.63) is 49.7 Å². The maximum atomic E-state index is 6.40. The lowest BCUT2D eigenvalue weighted by Gasteiger charge is -2.19. The van der Waals surface area contributed by atoms with Crippen molar-refractivity contribution in [3.8, 4) is 0 Å². The second-order valence-electron chi connectivity index (χ2n) is 4.87. The summed E-state index contributed by atoms with van der Waals surface area (Å²) >= 11 is 16.1. The fourth-order valence-electron chi connectivity index (χ4n) is 2.41. The Morgan fingerprint density at radius 3 is 2.71 bits per heavy atom. The maximum absolute atomic E-state index is 6.40. The molecule has 0 saturated heterocycles. The highest BCUT2D eigenvalue weighted by Gasteiger charge is 2.20. The van der Waals surface area contributed by atoms with E-state index < -0.39 is 0 Å². The van der Waals surface area contributed by atoms with Gasteiger partial charge in [0.25, 0.3) is 0 Å². The van der Waals surface area contributed by atoms with Crippen LogP contribution in [0.3, 0.4) is 0 Å². The van der Waals surface area contributed by atoms with Crippen molar-refractivity contribution in [2.75, 3.05) is 7.05 Å². The number of aryl methyl sites for hydroxylation is 2. The Balaban J connectivity index is 2.38. The lowest BCUT2D eigenvalue weighted by Crippen LogP contribution is -2.21. The smallest absolute Gasteiger partial charge is 0.0847 e. The van der Waals surface area contributed by atoms with Crippen LogP contribution in [0.4, 0.5) is 0 Å². The van der Waals surface area contributed by atoms with Gasteiger partial charge in [0.2, 0.25) is 0 Å². The molecule has 2 aromatic rings. The molecule has 0 bridgehead atoms. The molecule has 0 spiro atoms. The number of likely N-dealkylation sites (N-methyl/N-ethyl adjacent to an activating group) is 1. The molecule has 0 aliphatic carbocycles. The summed E-state index contributed by atoms with van der Waals surface area (Å²) in [6.07, 6.45) is 0.753. The molecule has 0 fully saturated rings. The summed E-state index contributed by atoms with van der Waals surface area (Å²) in [5.41, 5.74) is 3.03. The van der Waals surface area contributed by atoms with Crippen molar-refractivity contribution in [1.29, 1.82) is 0 Å². The minimum atomic E-state index is 0.108. The molecule has 1 aromatic heterocycles. The number of nitrogens with zero attached hydrogens (tertiary/aromatic N) is 2. The summed E-state index contributed by atoms with van der Waals surface area (Å²) < 4.78 is 2.99. The second-order valence-corrected chi connectivity index (χ2v) is 6.54. The van der Waals surface area contributed by atoms with Crippen molar-refractivity contribution < 1.29 is 0 Å². The normalized spacial score (nSPS) is 12.7. The fourth-order valence-corrected chi connectivity index (χ4v) is 3.32. The minimum absolute atomic E-state index is 0.108. The zero-order chi connectivity index (χ0) is 15.6. The molecule has 2 rings (SSSR count). The highest BCUT2D eigenvalue weighted by molar-refractivity contribution is 9.10. The van der Waals surface area contributed by atoms with E-state index in [-0.39, 0.29) is 6.04 Å². The molecule has 0 aliphatic heterocycles. The highest BCUT2D eigenvalue weighted by Crippen LogP contribution is 2.31. The van der Waals surface area contributed by atoms with Crippen LogP contribution < -0.4 is 5.32 Å². The fraction of sp³-hybridized carbons (Fsp3) is 0.400. The van der Waals surface area contributed by atoms with E-state index in [0.717, 1.165) is 44.4 Å². The molecule has 3 nitrogen and oxygen atoms in total. The summed E-state index contributed by atoms with van der Waals surface area (Å²) in [6, 6.07) is 5.92. The first kappa shape index (κ1) is 16.8. The zero-order valence-corrected chi connectivity index (χ0v) is 15.3. The van der Waals surface area contributed by atoms with Gasteiger partial charge < -0.3 is 5.32 Å². The van der Waals surface area contributed by atoms with Crippen LogP contribution in [0.1, 0.15) is 29.9 Å². The first-order valence-electron chi connectivity index (χ1n) is 6.81. The summed E-state index contributed by atoms with van der Waals surface area (Å²) in [5, 5.41) is 9.27. The lowest BCUT2D eigenvalue weighted by atomic mass is 10.0. The van der Waals surface area contributed by atoms with Gasteiger partial charge in [0.15, 0.2) is 0 Å². The van der Waals surface area contributed by atoms with Crippen LogP contribution in [0.15, 0.2) is 22.7 Å². The Labute approximate surface area is 143 Å². The monoisotopic (exact) mass is 389 g/mol. The molecule has 1 N–H and O–H groups in total. The van der Waals surface area contributed by atoms with E-state index in [4.69, 9.17) is 23.2 Å². The van der Waals surface area contributed by atoms with E-state index >= 15 is 0 Å². The number of hydrogen-bond acceptors (Lipinski definition) is 2. The van der Waals surface area contributed by atoms with Gasteiger partial charge in [-0.3, -0.25) is 4.68 Å². The van der Waals surface area contributed by atoms with Gasteiger partial charge >= 0.3 is 0 Å². The molecule has 1 aromatic carbocycles. The summed E-state index contributed by atoms with van der Waals surface area (Å²) in [4.78, 5) is 0. The van der Waals surface area contributed by atoms with Crippen LogP contribution in [-0.4, -0.2) is 16.8 Å². The molecule has 6 heteroatoms. The Bertz CT molecular complexity index is 640. The average molecular weight is 391 g/mol. The van der Waals surface area contributed by atoms with Crippen molar-refractivity contribution in [2.24, 2.45) is 0 Å². The third-order valence-corrected chi connectivity index (χ3v) is 4.98. The topological polar surface area (TPSA) is 29.9 Å². The largest absolute Gasteiger partial charge is 0.313 e. The standard InChI is InChI=1S/C15H18BrCl2N3/c1-4-21-14(15(18)9(2)20-21)8-13(19-3)11-7-10(17)5-6-12(11)16/h5-7,13,19H,4,8H2,1-3H3. The highest BCUT2D eigenvalue weighted by atomic mass is 79.9. The van der Waals surface area contributed by atoms with Crippen LogP contribution in [0.2, 0.25) is 10.0 Å². The minimum Gasteiger partial charge on any atom is -0.313 e. The molecule has 21 heavy (non-hydrogen) atoms. The number of halogens is 3. The van der Waals surface area contributed by atoms with Gasteiger partial charge in [-0.15, -0.1) is 0 Å². The Kier molecular flexibility index (Phi) is 5.72. The molecule has 0 aliphatic rings. The third-order valence-electron chi connectivity index (χ3n) is 3.53. The first-order valence-corrected chi connectivity index (χ1v) is 8.36. The molecule has 0 radical (unpaired) electrons. The maximum Gasteiger partial charge on any atom is 0.0847 e. The van der Waals surface area contributed by atoms with Crippen LogP contribution in [0.25, 0.3) is 0 Å². The first-order chi connectivity index (χ1) is 9.97. The Morgan fingerprint density at radius 2 is 2.10 bits per heavy atom. The molecule has 1 atom stereocenters. The lowest BCUT2D eigenvalue weighted by molar-refractivity contribution is 0.540. The molecule has 114 valence electrons. The van der Waals surface area contributed by atoms with E-state index in [1.807, 2.05) is 36.9 Å². The van der Waals surface area contributed by atoms with Crippen LogP contribution >= 0.6 is 39.1 Å². The van der Waals surface area contributed by atoms with E-state index in [2.05, 4.69) is 33.3 Å². The third kappa shape index (κ3) is 3.62. The number of hydrogen-bond donors (Lipinski definition) is 1. The van der Waals surface area contributed by atoms with Gasteiger partial charge in [0.05, 0.1) is 16.4 Å². The van der Waals surface area contributed by atoms with Crippen LogP contribution in [0.5, 0.6) is 0 Å². The summed E-state index contributed by atoms with van der Waals surface area (Å²) in [5.74, 6) is 0. The molecular formula is C15H18BrCl2N3. The predicted octanol–water partition coefficient (Wildman–Crippen LogP) is 4.78. The van der Waals surface area contributed by atoms with Gasteiger partial charge in [-0.25, -0.2) is 0 Å². The van der Waals surface area contributed by atoms with Gasteiger partial charge in [0, 0.05) is 28.5 Å². The quantitative estimate of drug-likeness (QED) is 0.795. The van der Waals surface area contributed by atoms with Crippen molar-refractivity contribution in [3.63, 3.8) is 0 Å². The number of aromatic nitrogens is 2.